The third kappa shape index (κ3) is 4.05. The van der Waals surface area contributed by atoms with Crippen LogP contribution in [0.15, 0.2) is 54.6 Å². The highest BCUT2D eigenvalue weighted by Crippen LogP contribution is 2.26. The molecule has 0 fully saturated rings. The number of nitrogens with one attached hydrogen (secondary N) is 1. The maximum atomic E-state index is 13.1. The number of hydrogen-bond donors (Lipinski definition) is 2. The Kier molecular flexibility index (Phi) is 5.27. The van der Waals surface area contributed by atoms with Crippen molar-refractivity contribution in [3.8, 4) is 5.75 Å². The predicted octanol–water partition coefficient (Wildman–Crippen LogP) is 5.53. The van der Waals surface area contributed by atoms with E-state index in [4.69, 9.17) is 0 Å². The van der Waals surface area contributed by atoms with Gasteiger partial charge in [0.05, 0.1) is 0 Å². The minimum absolute atomic E-state index is 0.252. The molecule has 0 atom stereocenters. The highest BCUT2D eigenvalue weighted by Gasteiger charge is 2.09. The second-order valence-electron chi connectivity index (χ2n) is 6.71. The molecule has 0 aromatic heterocycles. The van der Waals surface area contributed by atoms with E-state index >= 15 is 0 Å². The van der Waals surface area contributed by atoms with Gasteiger partial charge in [-0.25, -0.2) is 4.39 Å². The van der Waals surface area contributed by atoms with Crippen LogP contribution in [0.4, 0.5) is 10.1 Å². The molecule has 0 saturated heterocycles. The fraction of sp³-hybridized carbons (Fsp3) is 0.174. The van der Waals surface area contributed by atoms with Gasteiger partial charge in [-0.2, -0.15) is 0 Å². The third-order valence-corrected chi connectivity index (χ3v) is 4.73. The molecule has 3 aromatic rings. The van der Waals surface area contributed by atoms with Gasteiger partial charge in [-0.15, -0.1) is 0 Å². The molecule has 2 nitrogen and oxygen atoms in total. The van der Waals surface area contributed by atoms with Crippen LogP contribution in [0.1, 0.15) is 33.4 Å². The van der Waals surface area contributed by atoms with Crippen molar-refractivity contribution in [3.63, 3.8) is 0 Å². The summed E-state index contributed by atoms with van der Waals surface area (Å²) >= 11 is 0. The molecule has 0 spiro atoms. The smallest absolute Gasteiger partial charge is 0.123 e. The minimum Gasteiger partial charge on any atom is -0.508 e. The van der Waals surface area contributed by atoms with Crippen molar-refractivity contribution < 1.29 is 9.50 Å². The van der Waals surface area contributed by atoms with Crippen molar-refractivity contribution in [2.75, 3.05) is 5.32 Å². The zero-order chi connectivity index (χ0) is 18.7. The Morgan fingerprint density at radius 3 is 2.12 bits per heavy atom. The van der Waals surface area contributed by atoms with Gasteiger partial charge >= 0.3 is 0 Å². The number of hydrogen-bond acceptors (Lipinski definition) is 2. The summed E-state index contributed by atoms with van der Waals surface area (Å²) in [6.45, 7) is 4.20. The van der Waals surface area contributed by atoms with Gasteiger partial charge in [0.1, 0.15) is 11.6 Å². The molecule has 2 N–H and O–H groups in total. The first-order valence-electron chi connectivity index (χ1n) is 8.64. The summed E-state index contributed by atoms with van der Waals surface area (Å²) in [4.78, 5) is 0. The van der Waals surface area contributed by atoms with Crippen LogP contribution in [0.5, 0.6) is 5.75 Å². The predicted molar refractivity (Wildman–Crippen MR) is 105 cm³/mol. The summed E-state index contributed by atoms with van der Waals surface area (Å²) in [6, 6.07) is 16.3. The molecule has 0 aliphatic rings. The summed E-state index contributed by atoms with van der Waals surface area (Å²) in [5.41, 5.74) is 7.67. The first-order chi connectivity index (χ1) is 12.5. The maximum absolute atomic E-state index is 13.1. The average Bonchev–Trinajstić information content (AvgIpc) is 2.62. The SMILES string of the molecule is [CH2]Nc1cc(C)c(Cc2ccc(O)c(Cc3ccc(F)cc3)c2)c(C)c1. The zero-order valence-electron chi connectivity index (χ0n) is 15.1. The molecule has 133 valence electrons. The molecule has 3 aromatic carbocycles. The lowest BCUT2D eigenvalue weighted by Gasteiger charge is -2.14. The van der Waals surface area contributed by atoms with Crippen molar-refractivity contribution in [1.82, 2.24) is 0 Å². The second kappa shape index (κ2) is 7.61. The lowest BCUT2D eigenvalue weighted by atomic mass is 9.93. The number of rotatable bonds is 5. The first-order valence-corrected chi connectivity index (χ1v) is 8.64. The maximum Gasteiger partial charge on any atom is 0.123 e. The quantitative estimate of drug-likeness (QED) is 0.635. The van der Waals surface area contributed by atoms with Crippen LogP contribution >= 0.6 is 0 Å². The Labute approximate surface area is 154 Å². The topological polar surface area (TPSA) is 32.3 Å². The van der Waals surface area contributed by atoms with Crippen LogP contribution in [0.2, 0.25) is 0 Å². The van der Waals surface area contributed by atoms with Crippen molar-refractivity contribution in [3.05, 3.63) is 101 Å². The summed E-state index contributed by atoms with van der Waals surface area (Å²) in [5.74, 6) is 0.0148. The highest BCUT2D eigenvalue weighted by molar-refractivity contribution is 5.53. The van der Waals surface area contributed by atoms with Crippen LogP contribution in [0.25, 0.3) is 0 Å². The van der Waals surface area contributed by atoms with E-state index in [0.29, 0.717) is 6.42 Å². The highest BCUT2D eigenvalue weighted by atomic mass is 19.1. The number of phenols is 1. The van der Waals surface area contributed by atoms with Gasteiger partial charge in [0.2, 0.25) is 0 Å². The number of aromatic hydroxyl groups is 1. The van der Waals surface area contributed by atoms with E-state index < -0.39 is 0 Å². The molecule has 1 radical (unpaired) electrons. The molecule has 3 heteroatoms. The standard InChI is InChI=1S/C23H23FNO/c1-15-10-21(25-3)11-16(2)22(15)14-18-6-9-23(26)19(13-18)12-17-4-7-20(24)8-5-17/h4-11,13,25-26H,3,12,14H2,1-2H3. The summed E-state index contributed by atoms with van der Waals surface area (Å²) in [7, 11) is 3.72. The van der Waals surface area contributed by atoms with Crippen molar-refractivity contribution in [1.29, 1.82) is 0 Å². The van der Waals surface area contributed by atoms with Gasteiger partial charge in [0.15, 0.2) is 0 Å². The number of anilines is 1. The van der Waals surface area contributed by atoms with E-state index in [9.17, 15) is 9.50 Å². The molecular weight excluding hydrogens is 325 g/mol. The minimum atomic E-state index is -0.252. The number of benzene rings is 3. The van der Waals surface area contributed by atoms with Gasteiger partial charge < -0.3 is 10.4 Å². The molecule has 26 heavy (non-hydrogen) atoms. The fourth-order valence-corrected chi connectivity index (χ4v) is 3.29. The average molecular weight is 348 g/mol. The Morgan fingerprint density at radius 2 is 1.50 bits per heavy atom. The number of halogens is 1. The molecule has 0 aliphatic heterocycles. The zero-order valence-corrected chi connectivity index (χ0v) is 15.1. The van der Waals surface area contributed by atoms with E-state index in [0.717, 1.165) is 28.8 Å². The molecule has 0 bridgehead atoms. The van der Waals surface area contributed by atoms with Gasteiger partial charge in [0, 0.05) is 19.2 Å². The number of aryl methyl sites for hydroxylation is 2. The normalized spacial score (nSPS) is 10.8. The van der Waals surface area contributed by atoms with Crippen LogP contribution < -0.4 is 5.32 Å². The Morgan fingerprint density at radius 1 is 0.885 bits per heavy atom. The van der Waals surface area contributed by atoms with Gasteiger partial charge in [-0.05, 0) is 84.0 Å². The van der Waals surface area contributed by atoms with Crippen LogP contribution in [-0.4, -0.2) is 5.11 Å². The van der Waals surface area contributed by atoms with Crippen molar-refractivity contribution in [2.45, 2.75) is 26.7 Å². The second-order valence-corrected chi connectivity index (χ2v) is 6.71. The molecule has 3 rings (SSSR count). The fourth-order valence-electron chi connectivity index (χ4n) is 3.29. The van der Waals surface area contributed by atoms with Gasteiger partial charge in [-0.3, -0.25) is 0 Å². The van der Waals surface area contributed by atoms with Crippen LogP contribution in [-0.2, 0) is 12.8 Å². The summed E-state index contributed by atoms with van der Waals surface area (Å²) in [6.07, 6.45) is 1.37. The van der Waals surface area contributed by atoms with E-state index in [1.807, 2.05) is 12.1 Å². The van der Waals surface area contributed by atoms with E-state index in [2.05, 4.69) is 38.3 Å². The Hall–Kier alpha value is -2.81. The largest absolute Gasteiger partial charge is 0.508 e. The van der Waals surface area contributed by atoms with E-state index in [-0.39, 0.29) is 11.6 Å². The monoisotopic (exact) mass is 348 g/mol. The first kappa shape index (κ1) is 18.0. The van der Waals surface area contributed by atoms with E-state index in [1.54, 1.807) is 18.2 Å². The van der Waals surface area contributed by atoms with Crippen molar-refractivity contribution >= 4 is 5.69 Å². The van der Waals surface area contributed by atoms with Crippen molar-refractivity contribution in [2.24, 2.45) is 0 Å². The van der Waals surface area contributed by atoms with Gasteiger partial charge in [-0.1, -0.05) is 24.3 Å². The summed E-state index contributed by atoms with van der Waals surface area (Å²) < 4.78 is 13.1. The lowest BCUT2D eigenvalue weighted by molar-refractivity contribution is 0.469. The number of phenolic OH excluding ortho intramolecular Hbond substituents is 1. The lowest BCUT2D eigenvalue weighted by Crippen LogP contribution is -1.99. The van der Waals surface area contributed by atoms with Crippen LogP contribution in [0.3, 0.4) is 0 Å². The molecule has 0 heterocycles. The molecule has 0 saturated carbocycles. The Bertz CT molecular complexity index is 893. The summed E-state index contributed by atoms with van der Waals surface area (Å²) in [5, 5.41) is 13.1. The van der Waals surface area contributed by atoms with E-state index in [1.165, 1.54) is 28.8 Å². The molecule has 0 unspecified atom stereocenters. The molecular formula is C23H23FNO. The third-order valence-electron chi connectivity index (χ3n) is 4.73. The molecule has 0 amide bonds. The molecule has 0 aliphatic carbocycles. The van der Waals surface area contributed by atoms with Gasteiger partial charge in [0.25, 0.3) is 0 Å². The Balaban J connectivity index is 1.87. The van der Waals surface area contributed by atoms with Crippen LogP contribution in [0, 0.1) is 26.7 Å².